The summed E-state index contributed by atoms with van der Waals surface area (Å²) in [6.07, 6.45) is -1.34. The van der Waals surface area contributed by atoms with Gasteiger partial charge in [-0.2, -0.15) is 13.2 Å². The molecule has 0 aliphatic rings. The normalized spacial score (nSPS) is 12.2. The summed E-state index contributed by atoms with van der Waals surface area (Å²) in [6.45, 7) is 6.83. The highest BCUT2D eigenvalue weighted by Gasteiger charge is 2.32. The molecule has 0 aliphatic carbocycles. The first-order valence-electron chi connectivity index (χ1n) is 6.56. The Morgan fingerprint density at radius 2 is 1.85 bits per heavy atom. The molecule has 4 nitrogen and oxygen atoms in total. The van der Waals surface area contributed by atoms with Gasteiger partial charge in [0, 0.05) is 24.8 Å². The summed E-state index contributed by atoms with van der Waals surface area (Å²) in [5, 5.41) is 3.16. The van der Waals surface area contributed by atoms with E-state index in [2.05, 4.69) is 15.3 Å². The molecule has 114 valence electrons. The number of alkyl halides is 3. The Bertz CT molecular complexity index is 418. The fraction of sp³-hybridized carbons (Fsp3) is 0.692. The molecule has 1 N–H and O–H groups in total. The summed E-state index contributed by atoms with van der Waals surface area (Å²) in [5.41, 5.74) is 0.629. The molecule has 1 aromatic rings. The molecule has 0 unspecified atom stereocenters. The molecule has 20 heavy (non-hydrogen) atoms. The molecule has 0 radical (unpaired) electrons. The molecule has 1 heterocycles. The molecular weight excluding hydrogens is 269 g/mol. The maximum atomic E-state index is 12.6. The summed E-state index contributed by atoms with van der Waals surface area (Å²) in [5.74, 6) is 0.250. The van der Waals surface area contributed by atoms with Crippen molar-refractivity contribution in [1.82, 2.24) is 15.3 Å². The molecule has 0 aromatic carbocycles. The largest absolute Gasteiger partial charge is 0.405 e. The van der Waals surface area contributed by atoms with Crippen LogP contribution in [0.4, 0.5) is 19.0 Å². The molecule has 1 rings (SSSR count). The topological polar surface area (TPSA) is 41.1 Å². The van der Waals surface area contributed by atoms with Crippen LogP contribution in [-0.4, -0.2) is 34.8 Å². The lowest BCUT2D eigenvalue weighted by Crippen LogP contribution is -2.40. The Kier molecular flexibility index (Phi) is 5.74. The third-order valence-electron chi connectivity index (χ3n) is 2.63. The van der Waals surface area contributed by atoms with E-state index in [1.54, 1.807) is 20.0 Å². The average molecular weight is 290 g/mol. The van der Waals surface area contributed by atoms with Gasteiger partial charge in [-0.3, -0.25) is 4.98 Å². The zero-order chi connectivity index (χ0) is 15.3. The van der Waals surface area contributed by atoms with Gasteiger partial charge < -0.3 is 10.2 Å². The number of aromatic nitrogens is 2. The number of anilines is 1. The van der Waals surface area contributed by atoms with Crippen molar-refractivity contribution >= 4 is 5.82 Å². The number of nitrogens with zero attached hydrogens (tertiary/aromatic N) is 3. The third kappa shape index (κ3) is 5.73. The maximum Gasteiger partial charge on any atom is 0.405 e. The first kappa shape index (κ1) is 16.7. The molecule has 0 atom stereocenters. The lowest BCUT2D eigenvalue weighted by Gasteiger charge is -2.28. The minimum atomic E-state index is -4.27. The number of hydrogen-bond acceptors (Lipinski definition) is 4. The molecule has 0 spiro atoms. The van der Waals surface area contributed by atoms with Crippen molar-refractivity contribution in [3.8, 4) is 0 Å². The van der Waals surface area contributed by atoms with Crippen molar-refractivity contribution in [2.75, 3.05) is 11.4 Å². The summed E-state index contributed by atoms with van der Waals surface area (Å²) < 4.78 is 37.8. The van der Waals surface area contributed by atoms with Crippen molar-refractivity contribution in [3.63, 3.8) is 0 Å². The van der Waals surface area contributed by atoms with Crippen molar-refractivity contribution < 1.29 is 13.2 Å². The quantitative estimate of drug-likeness (QED) is 0.874. The molecular formula is C13H21F3N4. The van der Waals surface area contributed by atoms with E-state index in [9.17, 15) is 13.2 Å². The summed E-state index contributed by atoms with van der Waals surface area (Å²) in [4.78, 5) is 9.44. The SMILES string of the molecule is CC(C)NCc1cncc(N(CC(F)(F)F)C(C)C)n1. The minimum absolute atomic E-state index is 0.250. The molecule has 0 fully saturated rings. The van der Waals surface area contributed by atoms with Crippen LogP contribution in [0, 0.1) is 0 Å². The van der Waals surface area contributed by atoms with Crippen LogP contribution >= 0.6 is 0 Å². The van der Waals surface area contributed by atoms with Gasteiger partial charge in [0.1, 0.15) is 12.4 Å². The maximum absolute atomic E-state index is 12.6. The van der Waals surface area contributed by atoms with Crippen LogP contribution in [0.1, 0.15) is 33.4 Å². The van der Waals surface area contributed by atoms with Crippen LogP contribution in [-0.2, 0) is 6.54 Å². The van der Waals surface area contributed by atoms with Crippen LogP contribution in [0.15, 0.2) is 12.4 Å². The van der Waals surface area contributed by atoms with E-state index in [1.807, 2.05) is 13.8 Å². The molecule has 0 aliphatic heterocycles. The second-order valence-electron chi connectivity index (χ2n) is 5.24. The monoisotopic (exact) mass is 290 g/mol. The van der Waals surface area contributed by atoms with E-state index in [1.165, 1.54) is 11.1 Å². The van der Waals surface area contributed by atoms with Crippen molar-refractivity contribution in [1.29, 1.82) is 0 Å². The zero-order valence-electron chi connectivity index (χ0n) is 12.2. The highest BCUT2D eigenvalue weighted by Crippen LogP contribution is 2.22. The zero-order valence-corrected chi connectivity index (χ0v) is 12.2. The predicted molar refractivity (Wildman–Crippen MR) is 72.5 cm³/mol. The van der Waals surface area contributed by atoms with Gasteiger partial charge in [-0.05, 0) is 13.8 Å². The van der Waals surface area contributed by atoms with E-state index >= 15 is 0 Å². The Morgan fingerprint density at radius 1 is 1.20 bits per heavy atom. The van der Waals surface area contributed by atoms with Crippen molar-refractivity contribution in [2.24, 2.45) is 0 Å². The van der Waals surface area contributed by atoms with Crippen molar-refractivity contribution in [3.05, 3.63) is 18.1 Å². The Balaban J connectivity index is 2.88. The van der Waals surface area contributed by atoms with Gasteiger partial charge in [-0.1, -0.05) is 13.8 Å². The third-order valence-corrected chi connectivity index (χ3v) is 2.63. The van der Waals surface area contributed by atoms with Crippen LogP contribution in [0.3, 0.4) is 0 Å². The first-order valence-corrected chi connectivity index (χ1v) is 6.56. The van der Waals surface area contributed by atoms with Crippen molar-refractivity contribution in [2.45, 2.75) is 52.5 Å². The van der Waals surface area contributed by atoms with E-state index in [-0.39, 0.29) is 17.9 Å². The Morgan fingerprint density at radius 3 is 2.35 bits per heavy atom. The van der Waals surface area contributed by atoms with Crippen LogP contribution in [0.2, 0.25) is 0 Å². The van der Waals surface area contributed by atoms with Gasteiger partial charge in [0.25, 0.3) is 0 Å². The lowest BCUT2D eigenvalue weighted by atomic mass is 10.3. The fourth-order valence-corrected chi connectivity index (χ4v) is 1.65. The summed E-state index contributed by atoms with van der Waals surface area (Å²) in [6, 6.07) is -0.0314. The summed E-state index contributed by atoms with van der Waals surface area (Å²) in [7, 11) is 0. The second kappa shape index (κ2) is 6.88. The van der Waals surface area contributed by atoms with Gasteiger partial charge in [0.05, 0.1) is 11.9 Å². The van der Waals surface area contributed by atoms with E-state index in [0.717, 1.165) is 0 Å². The molecule has 0 amide bonds. The van der Waals surface area contributed by atoms with Gasteiger partial charge >= 0.3 is 6.18 Å². The smallest absolute Gasteiger partial charge is 0.344 e. The van der Waals surface area contributed by atoms with Crippen LogP contribution in [0.5, 0.6) is 0 Å². The Labute approximate surface area is 117 Å². The van der Waals surface area contributed by atoms with Gasteiger partial charge in [-0.25, -0.2) is 4.98 Å². The number of rotatable bonds is 6. The second-order valence-corrected chi connectivity index (χ2v) is 5.24. The van der Waals surface area contributed by atoms with Gasteiger partial charge in [-0.15, -0.1) is 0 Å². The van der Waals surface area contributed by atoms with Crippen LogP contribution in [0.25, 0.3) is 0 Å². The predicted octanol–water partition coefficient (Wildman–Crippen LogP) is 2.75. The standard InChI is InChI=1S/C13H21F3N4/c1-9(2)18-6-11-5-17-7-12(19-11)20(10(3)4)8-13(14,15)16/h5,7,9-10,18H,6,8H2,1-4H3. The van der Waals surface area contributed by atoms with E-state index < -0.39 is 12.7 Å². The van der Waals surface area contributed by atoms with Gasteiger partial charge in [0.15, 0.2) is 0 Å². The first-order chi connectivity index (χ1) is 9.19. The number of halogens is 3. The molecule has 7 heteroatoms. The Hall–Kier alpha value is -1.37. The number of nitrogens with one attached hydrogen (secondary N) is 1. The van der Waals surface area contributed by atoms with Crippen LogP contribution < -0.4 is 10.2 Å². The molecule has 0 bridgehead atoms. The highest BCUT2D eigenvalue weighted by molar-refractivity contribution is 5.37. The number of hydrogen-bond donors (Lipinski definition) is 1. The molecule has 0 saturated carbocycles. The van der Waals surface area contributed by atoms with E-state index in [0.29, 0.717) is 12.2 Å². The van der Waals surface area contributed by atoms with Gasteiger partial charge in [0.2, 0.25) is 0 Å². The molecule has 1 aromatic heterocycles. The minimum Gasteiger partial charge on any atom is -0.344 e. The van der Waals surface area contributed by atoms with E-state index in [4.69, 9.17) is 0 Å². The highest BCUT2D eigenvalue weighted by atomic mass is 19.4. The lowest BCUT2D eigenvalue weighted by molar-refractivity contribution is -0.120. The summed E-state index contributed by atoms with van der Waals surface area (Å²) >= 11 is 0. The molecule has 0 saturated heterocycles. The average Bonchev–Trinajstić information content (AvgIpc) is 2.32. The fourth-order valence-electron chi connectivity index (χ4n) is 1.65.